The van der Waals surface area contributed by atoms with E-state index in [1.54, 1.807) is 0 Å². The van der Waals surface area contributed by atoms with Crippen LogP contribution in [0.4, 0.5) is 0 Å². The predicted octanol–water partition coefficient (Wildman–Crippen LogP) is 3.77. The van der Waals surface area contributed by atoms with Gasteiger partial charge in [-0.25, -0.2) is 0 Å². The highest BCUT2D eigenvalue weighted by Crippen LogP contribution is 2.46. The maximum absolute atomic E-state index is 12.4. The standard InChI is InChI=1S/C16H21NOS/c18-15(13-3-5-14(19)6-4-13)17-11-9-16(10-12-17)7-1-2-8-16/h3-6,19H,1-2,7-12H2. The van der Waals surface area contributed by atoms with Crippen LogP contribution in [0.2, 0.25) is 0 Å². The summed E-state index contributed by atoms with van der Waals surface area (Å²) in [5.74, 6) is 0.182. The van der Waals surface area contributed by atoms with Gasteiger partial charge in [0.15, 0.2) is 0 Å². The quantitative estimate of drug-likeness (QED) is 0.774. The van der Waals surface area contributed by atoms with E-state index in [0.717, 1.165) is 23.5 Å². The first kappa shape index (κ1) is 13.0. The molecule has 0 N–H and O–H groups in total. The summed E-state index contributed by atoms with van der Waals surface area (Å²) >= 11 is 4.26. The maximum Gasteiger partial charge on any atom is 0.253 e. The summed E-state index contributed by atoms with van der Waals surface area (Å²) in [6.45, 7) is 1.86. The van der Waals surface area contributed by atoms with Gasteiger partial charge in [0.05, 0.1) is 0 Å². The van der Waals surface area contributed by atoms with Crippen LogP contribution < -0.4 is 0 Å². The third-order valence-corrected chi connectivity index (χ3v) is 5.19. The van der Waals surface area contributed by atoms with Crippen molar-refractivity contribution >= 4 is 18.5 Å². The Morgan fingerprint density at radius 1 is 1.00 bits per heavy atom. The van der Waals surface area contributed by atoms with Gasteiger partial charge in [-0.3, -0.25) is 4.79 Å². The molecule has 1 saturated carbocycles. The predicted molar refractivity (Wildman–Crippen MR) is 79.7 cm³/mol. The third-order valence-electron chi connectivity index (χ3n) is 4.89. The summed E-state index contributed by atoms with van der Waals surface area (Å²) in [5, 5.41) is 0. The number of carbonyl (C=O) groups excluding carboxylic acids is 1. The Labute approximate surface area is 120 Å². The van der Waals surface area contributed by atoms with Crippen LogP contribution in [-0.4, -0.2) is 23.9 Å². The fourth-order valence-electron chi connectivity index (χ4n) is 3.60. The van der Waals surface area contributed by atoms with Crippen molar-refractivity contribution in [2.45, 2.75) is 43.4 Å². The van der Waals surface area contributed by atoms with Crippen molar-refractivity contribution < 1.29 is 4.79 Å². The molecule has 0 unspecified atom stereocenters. The molecule has 3 rings (SSSR count). The Morgan fingerprint density at radius 2 is 1.58 bits per heavy atom. The van der Waals surface area contributed by atoms with E-state index in [-0.39, 0.29) is 5.91 Å². The summed E-state index contributed by atoms with van der Waals surface area (Å²) < 4.78 is 0. The molecular formula is C16H21NOS. The van der Waals surface area contributed by atoms with Crippen molar-refractivity contribution in [3.63, 3.8) is 0 Å². The molecule has 3 heteroatoms. The van der Waals surface area contributed by atoms with Gasteiger partial charge in [0.1, 0.15) is 0 Å². The number of hydrogen-bond donors (Lipinski definition) is 1. The molecule has 2 nitrogen and oxygen atoms in total. The second kappa shape index (κ2) is 5.20. The summed E-state index contributed by atoms with van der Waals surface area (Å²) in [5.41, 5.74) is 1.37. The van der Waals surface area contributed by atoms with Crippen LogP contribution in [0, 0.1) is 5.41 Å². The highest BCUT2D eigenvalue weighted by atomic mass is 32.1. The monoisotopic (exact) mass is 275 g/mol. The molecule has 1 aromatic rings. The molecule has 2 aliphatic rings. The Hall–Kier alpha value is -0.960. The number of carbonyl (C=O) groups is 1. The molecule has 0 atom stereocenters. The highest BCUT2D eigenvalue weighted by Gasteiger charge is 2.37. The van der Waals surface area contributed by atoms with Crippen LogP contribution in [-0.2, 0) is 0 Å². The number of amides is 1. The number of hydrogen-bond acceptors (Lipinski definition) is 2. The fraction of sp³-hybridized carbons (Fsp3) is 0.562. The lowest BCUT2D eigenvalue weighted by atomic mass is 9.77. The van der Waals surface area contributed by atoms with E-state index in [0.29, 0.717) is 5.41 Å². The first-order valence-electron chi connectivity index (χ1n) is 7.27. The summed E-state index contributed by atoms with van der Waals surface area (Å²) in [4.78, 5) is 15.3. The molecule has 0 bridgehead atoms. The van der Waals surface area contributed by atoms with Gasteiger partial charge in [-0.1, -0.05) is 12.8 Å². The molecular weight excluding hydrogens is 254 g/mol. The Balaban J connectivity index is 1.64. The van der Waals surface area contributed by atoms with Crippen LogP contribution in [0.5, 0.6) is 0 Å². The van der Waals surface area contributed by atoms with Crippen molar-refractivity contribution in [3.05, 3.63) is 29.8 Å². The van der Waals surface area contributed by atoms with E-state index in [9.17, 15) is 4.79 Å². The molecule has 102 valence electrons. The largest absolute Gasteiger partial charge is 0.339 e. The van der Waals surface area contributed by atoms with Crippen LogP contribution >= 0.6 is 12.6 Å². The van der Waals surface area contributed by atoms with Crippen molar-refractivity contribution in [2.24, 2.45) is 5.41 Å². The van der Waals surface area contributed by atoms with Gasteiger partial charge < -0.3 is 4.90 Å². The summed E-state index contributed by atoms with van der Waals surface area (Å²) in [6.07, 6.45) is 7.92. The molecule has 1 spiro atoms. The van der Waals surface area contributed by atoms with E-state index in [1.807, 2.05) is 29.2 Å². The molecule has 19 heavy (non-hydrogen) atoms. The highest BCUT2D eigenvalue weighted by molar-refractivity contribution is 7.80. The van der Waals surface area contributed by atoms with Crippen LogP contribution in [0.1, 0.15) is 48.9 Å². The van der Waals surface area contributed by atoms with Crippen molar-refractivity contribution in [1.29, 1.82) is 0 Å². The Bertz CT molecular complexity index is 452. The SMILES string of the molecule is O=C(c1ccc(S)cc1)N1CCC2(CCCC2)CC1. The zero-order valence-corrected chi connectivity index (χ0v) is 12.2. The molecule has 1 heterocycles. The van der Waals surface area contributed by atoms with E-state index < -0.39 is 0 Å². The molecule has 1 saturated heterocycles. The van der Waals surface area contributed by atoms with Gasteiger partial charge in [-0.2, -0.15) is 0 Å². The molecule has 1 aliphatic carbocycles. The van der Waals surface area contributed by atoms with Crippen molar-refractivity contribution in [3.8, 4) is 0 Å². The van der Waals surface area contributed by atoms with Gasteiger partial charge >= 0.3 is 0 Å². The average Bonchev–Trinajstić information content (AvgIpc) is 2.88. The number of rotatable bonds is 1. The van der Waals surface area contributed by atoms with Crippen LogP contribution in [0.25, 0.3) is 0 Å². The lowest BCUT2D eigenvalue weighted by Crippen LogP contribution is -2.42. The molecule has 2 fully saturated rings. The molecule has 0 aromatic heterocycles. The lowest BCUT2D eigenvalue weighted by Gasteiger charge is -2.39. The zero-order valence-electron chi connectivity index (χ0n) is 11.3. The van der Waals surface area contributed by atoms with Gasteiger partial charge in [-0.15, -0.1) is 12.6 Å². The lowest BCUT2D eigenvalue weighted by molar-refractivity contribution is 0.0587. The molecule has 1 aliphatic heterocycles. The van der Waals surface area contributed by atoms with E-state index >= 15 is 0 Å². The second-order valence-electron chi connectivity index (χ2n) is 6.05. The number of nitrogens with zero attached hydrogens (tertiary/aromatic N) is 1. The second-order valence-corrected chi connectivity index (χ2v) is 6.56. The van der Waals surface area contributed by atoms with Gasteiger partial charge in [0.25, 0.3) is 5.91 Å². The van der Waals surface area contributed by atoms with E-state index in [2.05, 4.69) is 12.6 Å². The van der Waals surface area contributed by atoms with Crippen molar-refractivity contribution in [2.75, 3.05) is 13.1 Å². The summed E-state index contributed by atoms with van der Waals surface area (Å²) in [6, 6.07) is 7.53. The number of thiol groups is 1. The smallest absolute Gasteiger partial charge is 0.253 e. The minimum atomic E-state index is 0.182. The van der Waals surface area contributed by atoms with Gasteiger partial charge in [0.2, 0.25) is 0 Å². The maximum atomic E-state index is 12.4. The average molecular weight is 275 g/mol. The third kappa shape index (κ3) is 2.66. The number of benzene rings is 1. The minimum absolute atomic E-state index is 0.182. The Kier molecular flexibility index (Phi) is 3.57. The molecule has 1 aromatic carbocycles. The normalized spacial score (nSPS) is 21.8. The molecule has 1 amide bonds. The number of piperidine rings is 1. The van der Waals surface area contributed by atoms with E-state index in [4.69, 9.17) is 0 Å². The zero-order chi connectivity index (χ0) is 13.3. The summed E-state index contributed by atoms with van der Waals surface area (Å²) in [7, 11) is 0. The first-order valence-corrected chi connectivity index (χ1v) is 7.72. The fourth-order valence-corrected chi connectivity index (χ4v) is 3.74. The first-order chi connectivity index (χ1) is 9.19. The van der Waals surface area contributed by atoms with Crippen molar-refractivity contribution in [1.82, 2.24) is 4.90 Å². The Morgan fingerprint density at radius 3 is 2.16 bits per heavy atom. The topological polar surface area (TPSA) is 20.3 Å². The van der Waals surface area contributed by atoms with Gasteiger partial charge in [0, 0.05) is 23.5 Å². The van der Waals surface area contributed by atoms with Crippen LogP contribution in [0.3, 0.4) is 0 Å². The van der Waals surface area contributed by atoms with E-state index in [1.165, 1.54) is 38.5 Å². The molecule has 0 radical (unpaired) electrons. The van der Waals surface area contributed by atoms with Gasteiger partial charge in [-0.05, 0) is 55.4 Å². The minimum Gasteiger partial charge on any atom is -0.339 e. The number of likely N-dealkylation sites (tertiary alicyclic amines) is 1. The van der Waals surface area contributed by atoms with Crippen LogP contribution in [0.15, 0.2) is 29.2 Å².